The van der Waals surface area contributed by atoms with Gasteiger partial charge in [-0.1, -0.05) is 18.2 Å². The highest BCUT2D eigenvalue weighted by atomic mass is 19.1. The van der Waals surface area contributed by atoms with Crippen molar-refractivity contribution >= 4 is 5.69 Å². The molecule has 2 rings (SSSR count). The van der Waals surface area contributed by atoms with E-state index in [9.17, 15) is 19.6 Å². The van der Waals surface area contributed by atoms with Crippen molar-refractivity contribution in [3.05, 3.63) is 69.5 Å². The summed E-state index contributed by atoms with van der Waals surface area (Å²) >= 11 is 0. The number of halogens is 1. The van der Waals surface area contributed by atoms with Crippen LogP contribution in [0.2, 0.25) is 0 Å². The van der Waals surface area contributed by atoms with Gasteiger partial charge in [-0.3, -0.25) is 10.1 Å². The molecule has 6 heteroatoms. The van der Waals surface area contributed by atoms with E-state index in [1.54, 1.807) is 31.2 Å². The lowest BCUT2D eigenvalue weighted by atomic mass is 10.1. The summed E-state index contributed by atoms with van der Waals surface area (Å²) < 4.78 is 18.8. The van der Waals surface area contributed by atoms with Crippen molar-refractivity contribution in [2.24, 2.45) is 0 Å². The molecule has 110 valence electrons. The highest BCUT2D eigenvalue weighted by molar-refractivity contribution is 5.37. The summed E-state index contributed by atoms with van der Waals surface area (Å²) in [6, 6.07) is 10.2. The topological polar surface area (TPSA) is 72.6 Å². The molecule has 2 aromatic rings. The normalized spacial score (nSPS) is 12.0. The molecule has 1 atom stereocenters. The van der Waals surface area contributed by atoms with Crippen LogP contribution in [0.3, 0.4) is 0 Å². The van der Waals surface area contributed by atoms with Crippen LogP contribution in [0.25, 0.3) is 0 Å². The van der Waals surface area contributed by atoms with Crippen molar-refractivity contribution in [2.75, 3.05) is 0 Å². The number of non-ortho nitro benzene ring substituents is 1. The Morgan fingerprint density at radius 1 is 1.33 bits per heavy atom. The molecule has 5 nitrogen and oxygen atoms in total. The Bertz CT molecular complexity index is 658. The van der Waals surface area contributed by atoms with Crippen LogP contribution in [0.4, 0.5) is 10.1 Å². The van der Waals surface area contributed by atoms with Gasteiger partial charge in [0.15, 0.2) is 0 Å². The lowest BCUT2D eigenvalue weighted by Gasteiger charge is -2.13. The number of ether oxygens (including phenoxy) is 1. The molecule has 0 aliphatic carbocycles. The monoisotopic (exact) mass is 291 g/mol. The second-order valence-corrected chi connectivity index (χ2v) is 4.58. The summed E-state index contributed by atoms with van der Waals surface area (Å²) in [6.45, 7) is 1.58. The van der Waals surface area contributed by atoms with Gasteiger partial charge in [-0.25, -0.2) is 4.39 Å². The zero-order valence-electron chi connectivity index (χ0n) is 11.3. The van der Waals surface area contributed by atoms with Gasteiger partial charge in [-0.2, -0.15) is 0 Å². The summed E-state index contributed by atoms with van der Waals surface area (Å²) in [6.07, 6.45) is -0.706. The van der Waals surface area contributed by atoms with E-state index in [0.717, 1.165) is 6.07 Å². The largest absolute Gasteiger partial charge is 0.489 e. The Balaban J connectivity index is 2.19. The van der Waals surface area contributed by atoms with Crippen molar-refractivity contribution < 1.29 is 19.2 Å². The van der Waals surface area contributed by atoms with Gasteiger partial charge >= 0.3 is 0 Å². The molecule has 0 unspecified atom stereocenters. The third kappa shape index (κ3) is 3.76. The minimum atomic E-state index is -0.706. The fourth-order valence-corrected chi connectivity index (χ4v) is 1.94. The summed E-state index contributed by atoms with van der Waals surface area (Å²) in [5.41, 5.74) is 0.628. The van der Waals surface area contributed by atoms with Crippen LogP contribution < -0.4 is 4.74 Å². The molecule has 0 spiro atoms. The standard InChI is InChI=1S/C15H14FNO4/c1-10(18)14-4-2-3-5-15(14)21-9-11-6-12(16)8-13(7-11)17(19)20/h2-8,10,18H,9H2,1H3/t10-/m1/s1. The molecule has 0 saturated carbocycles. The van der Waals surface area contributed by atoms with Gasteiger partial charge in [0.05, 0.1) is 17.1 Å². The Labute approximate surface area is 120 Å². The van der Waals surface area contributed by atoms with Crippen molar-refractivity contribution in [2.45, 2.75) is 19.6 Å². The van der Waals surface area contributed by atoms with Crippen LogP contribution in [-0.2, 0) is 6.61 Å². The predicted molar refractivity (Wildman–Crippen MR) is 74.5 cm³/mol. The van der Waals surface area contributed by atoms with Crippen LogP contribution >= 0.6 is 0 Å². The first-order valence-corrected chi connectivity index (χ1v) is 6.31. The number of para-hydroxylation sites is 1. The quantitative estimate of drug-likeness (QED) is 0.677. The molecule has 2 aromatic carbocycles. The number of nitro groups is 1. The maximum atomic E-state index is 13.3. The van der Waals surface area contributed by atoms with Gasteiger partial charge in [-0.05, 0) is 24.6 Å². The molecule has 0 bridgehead atoms. The molecule has 0 fully saturated rings. The molecule has 0 aromatic heterocycles. The first-order valence-electron chi connectivity index (χ1n) is 6.31. The zero-order valence-corrected chi connectivity index (χ0v) is 11.3. The van der Waals surface area contributed by atoms with Crippen molar-refractivity contribution in [1.29, 1.82) is 0 Å². The molecule has 0 aliphatic rings. The number of hydrogen-bond acceptors (Lipinski definition) is 4. The molecular formula is C15H14FNO4. The third-order valence-corrected chi connectivity index (χ3v) is 2.92. The van der Waals surface area contributed by atoms with E-state index in [4.69, 9.17) is 4.74 Å². The Morgan fingerprint density at radius 2 is 2.05 bits per heavy atom. The minimum Gasteiger partial charge on any atom is -0.489 e. The van der Waals surface area contributed by atoms with Gasteiger partial charge in [0.2, 0.25) is 0 Å². The van der Waals surface area contributed by atoms with Crippen LogP contribution in [0.5, 0.6) is 5.75 Å². The summed E-state index contributed by atoms with van der Waals surface area (Å²) in [5, 5.41) is 20.3. The lowest BCUT2D eigenvalue weighted by molar-refractivity contribution is -0.385. The van der Waals surface area contributed by atoms with Crippen LogP contribution in [0.1, 0.15) is 24.2 Å². The molecule has 0 aliphatic heterocycles. The Hall–Kier alpha value is -2.47. The number of nitro benzene ring substituents is 1. The molecular weight excluding hydrogens is 277 g/mol. The number of hydrogen-bond donors (Lipinski definition) is 1. The molecule has 0 radical (unpaired) electrons. The highest BCUT2D eigenvalue weighted by Gasteiger charge is 2.12. The predicted octanol–water partition coefficient (Wildman–Crippen LogP) is 3.37. The number of nitrogens with zero attached hydrogens (tertiary/aromatic N) is 1. The van der Waals surface area contributed by atoms with E-state index in [2.05, 4.69) is 0 Å². The SMILES string of the molecule is C[C@@H](O)c1ccccc1OCc1cc(F)cc([N+](=O)[O-])c1. The fourth-order valence-electron chi connectivity index (χ4n) is 1.94. The Kier molecular flexibility index (Phi) is 4.49. The average molecular weight is 291 g/mol. The van der Waals surface area contributed by atoms with E-state index in [-0.39, 0.29) is 12.3 Å². The number of aliphatic hydroxyl groups is 1. The minimum absolute atomic E-state index is 0.0255. The van der Waals surface area contributed by atoms with Gasteiger partial charge in [0, 0.05) is 11.6 Å². The highest BCUT2D eigenvalue weighted by Crippen LogP contribution is 2.26. The third-order valence-electron chi connectivity index (χ3n) is 2.92. The first-order chi connectivity index (χ1) is 9.97. The zero-order chi connectivity index (χ0) is 15.4. The summed E-state index contributed by atoms with van der Waals surface area (Å²) in [5.74, 6) is -0.231. The second-order valence-electron chi connectivity index (χ2n) is 4.58. The first kappa shape index (κ1) is 14.9. The fraction of sp³-hybridized carbons (Fsp3) is 0.200. The van der Waals surface area contributed by atoms with Gasteiger partial charge < -0.3 is 9.84 Å². The average Bonchev–Trinajstić information content (AvgIpc) is 2.44. The van der Waals surface area contributed by atoms with E-state index in [1.165, 1.54) is 12.1 Å². The number of rotatable bonds is 5. The summed E-state index contributed by atoms with van der Waals surface area (Å²) in [4.78, 5) is 10.0. The van der Waals surface area contributed by atoms with Crippen LogP contribution in [-0.4, -0.2) is 10.0 Å². The van der Waals surface area contributed by atoms with Crippen molar-refractivity contribution in [1.82, 2.24) is 0 Å². The van der Waals surface area contributed by atoms with E-state index < -0.39 is 16.8 Å². The van der Waals surface area contributed by atoms with Gasteiger partial charge in [0.1, 0.15) is 18.2 Å². The molecule has 1 N–H and O–H groups in total. The van der Waals surface area contributed by atoms with Crippen molar-refractivity contribution in [3.8, 4) is 5.75 Å². The Morgan fingerprint density at radius 3 is 2.71 bits per heavy atom. The van der Waals surface area contributed by atoms with E-state index in [1.807, 2.05) is 0 Å². The molecule has 0 saturated heterocycles. The van der Waals surface area contributed by atoms with E-state index >= 15 is 0 Å². The van der Waals surface area contributed by atoms with Crippen molar-refractivity contribution in [3.63, 3.8) is 0 Å². The maximum Gasteiger partial charge on any atom is 0.272 e. The van der Waals surface area contributed by atoms with Gasteiger partial charge in [-0.15, -0.1) is 0 Å². The van der Waals surface area contributed by atoms with E-state index in [0.29, 0.717) is 16.9 Å². The van der Waals surface area contributed by atoms with Gasteiger partial charge in [0.25, 0.3) is 5.69 Å². The van der Waals surface area contributed by atoms with Crippen LogP contribution in [0.15, 0.2) is 42.5 Å². The second kappa shape index (κ2) is 6.32. The number of aliphatic hydroxyl groups excluding tert-OH is 1. The molecule has 0 heterocycles. The smallest absolute Gasteiger partial charge is 0.272 e. The van der Waals surface area contributed by atoms with Crippen LogP contribution in [0, 0.1) is 15.9 Å². The lowest BCUT2D eigenvalue weighted by Crippen LogP contribution is -2.02. The number of benzene rings is 2. The summed E-state index contributed by atoms with van der Waals surface area (Å²) in [7, 11) is 0. The maximum absolute atomic E-state index is 13.3. The molecule has 21 heavy (non-hydrogen) atoms. The molecule has 0 amide bonds.